The number of piperidine rings is 1. The highest BCUT2D eigenvalue weighted by Crippen LogP contribution is 2.34. The first kappa shape index (κ1) is 24.5. The van der Waals surface area contributed by atoms with Crippen molar-refractivity contribution < 1.29 is 4.39 Å². The fourth-order valence-corrected chi connectivity index (χ4v) is 5.28. The molecule has 2 nitrogen and oxygen atoms in total. The molecule has 1 heterocycles. The van der Waals surface area contributed by atoms with Gasteiger partial charge in [0.2, 0.25) is 0 Å². The topological polar surface area (TPSA) is 27.0 Å². The summed E-state index contributed by atoms with van der Waals surface area (Å²) in [5.74, 6) is 1.86. The molecule has 3 rings (SSSR count). The third kappa shape index (κ3) is 6.42. The maximum absolute atomic E-state index is 14.5. The van der Waals surface area contributed by atoms with Gasteiger partial charge in [-0.15, -0.1) is 0 Å². The van der Waals surface area contributed by atoms with Gasteiger partial charge in [-0.3, -0.25) is 4.90 Å². The Labute approximate surface area is 194 Å². The number of nitriles is 1. The second-order valence-electron chi connectivity index (χ2n) is 9.82. The van der Waals surface area contributed by atoms with E-state index in [0.717, 1.165) is 37.1 Å². The fourth-order valence-electron chi connectivity index (χ4n) is 5.28. The van der Waals surface area contributed by atoms with E-state index in [9.17, 15) is 9.65 Å². The first-order valence-electron chi connectivity index (χ1n) is 12.5. The van der Waals surface area contributed by atoms with Gasteiger partial charge < -0.3 is 0 Å². The Kier molecular flexibility index (Phi) is 9.30. The van der Waals surface area contributed by atoms with Gasteiger partial charge in [-0.25, -0.2) is 4.39 Å². The molecular weight excluding hydrogens is 395 g/mol. The Morgan fingerprint density at radius 1 is 0.938 bits per heavy atom. The molecule has 0 aromatic heterocycles. The number of likely N-dealkylation sites (tertiary alicyclic amines) is 1. The summed E-state index contributed by atoms with van der Waals surface area (Å²) in [6, 6.07) is 18.3. The summed E-state index contributed by atoms with van der Waals surface area (Å²) in [7, 11) is 0. The lowest BCUT2D eigenvalue weighted by molar-refractivity contribution is 0.0268. The molecule has 1 unspecified atom stereocenters. The van der Waals surface area contributed by atoms with Crippen molar-refractivity contribution in [3.05, 3.63) is 59.9 Å². The molecule has 0 N–H and O–H groups in total. The van der Waals surface area contributed by atoms with E-state index in [1.807, 2.05) is 36.4 Å². The lowest BCUT2D eigenvalue weighted by Crippen LogP contribution is -2.51. The molecule has 0 saturated carbocycles. The van der Waals surface area contributed by atoms with Gasteiger partial charge in [-0.1, -0.05) is 82.5 Å². The molecule has 0 amide bonds. The molecule has 1 aliphatic rings. The van der Waals surface area contributed by atoms with Gasteiger partial charge >= 0.3 is 0 Å². The number of nitrogens with zero attached hydrogens (tertiary/aromatic N) is 2. The van der Waals surface area contributed by atoms with Gasteiger partial charge in [-0.05, 0) is 60.8 Å². The molecule has 2 aromatic carbocycles. The van der Waals surface area contributed by atoms with Crippen molar-refractivity contribution >= 4 is 0 Å². The summed E-state index contributed by atoms with van der Waals surface area (Å²) in [5.41, 5.74) is 2.70. The van der Waals surface area contributed by atoms with Crippen molar-refractivity contribution in [1.29, 1.82) is 5.26 Å². The molecule has 0 spiro atoms. The van der Waals surface area contributed by atoms with Crippen molar-refractivity contribution in [3.63, 3.8) is 0 Å². The largest absolute Gasteiger partial charge is 0.299 e. The smallest absolute Gasteiger partial charge is 0.131 e. The molecule has 1 fully saturated rings. The molecule has 1 saturated heterocycles. The zero-order chi connectivity index (χ0) is 22.9. The van der Waals surface area contributed by atoms with Crippen LogP contribution in [0.15, 0.2) is 48.5 Å². The number of benzene rings is 2. The lowest BCUT2D eigenvalue weighted by Gasteiger charge is -2.46. The number of halogens is 1. The van der Waals surface area contributed by atoms with Gasteiger partial charge in [0.1, 0.15) is 5.82 Å². The third-order valence-corrected chi connectivity index (χ3v) is 7.65. The van der Waals surface area contributed by atoms with Crippen molar-refractivity contribution in [1.82, 2.24) is 4.90 Å². The molecule has 3 heteroatoms. The SMILES string of the molecule is CC1[C@@H](C)CN(CCCCCCCc2ccc(-c3ccccc3)c(F)c2)[C@@H](CC#N)[C@H]1C. The standard InChI is InChI=1S/C29H39FN2/c1-22-21-32(29(17-18-31)24(3)23(22)2)19-11-6-4-5-8-12-25-15-16-27(28(30)20-25)26-13-9-7-10-14-26/h7,9-10,13-16,20,22-24,29H,4-6,8,11-12,17,19,21H2,1-3H3/t22-,23?,24-,29-/m0/s1. The van der Waals surface area contributed by atoms with E-state index in [4.69, 9.17) is 0 Å². The van der Waals surface area contributed by atoms with Crippen LogP contribution in [-0.2, 0) is 6.42 Å². The Morgan fingerprint density at radius 3 is 2.38 bits per heavy atom. The number of rotatable bonds is 10. The summed E-state index contributed by atoms with van der Waals surface area (Å²) in [6.45, 7) is 9.26. The van der Waals surface area contributed by atoms with Crippen LogP contribution in [-0.4, -0.2) is 24.0 Å². The monoisotopic (exact) mass is 434 g/mol. The van der Waals surface area contributed by atoms with E-state index in [-0.39, 0.29) is 5.82 Å². The van der Waals surface area contributed by atoms with Crippen molar-refractivity contribution in [2.24, 2.45) is 17.8 Å². The average Bonchev–Trinajstić information content (AvgIpc) is 2.80. The molecule has 4 atom stereocenters. The van der Waals surface area contributed by atoms with Gasteiger partial charge in [0.05, 0.1) is 12.5 Å². The molecule has 172 valence electrons. The second-order valence-corrected chi connectivity index (χ2v) is 9.82. The predicted octanol–water partition coefficient (Wildman–Crippen LogP) is 7.49. The van der Waals surface area contributed by atoms with Gasteiger partial charge in [-0.2, -0.15) is 5.26 Å². The van der Waals surface area contributed by atoms with Gasteiger partial charge in [0, 0.05) is 18.2 Å². The van der Waals surface area contributed by atoms with E-state index >= 15 is 0 Å². The third-order valence-electron chi connectivity index (χ3n) is 7.65. The van der Waals surface area contributed by atoms with Crippen molar-refractivity contribution in [3.8, 4) is 17.2 Å². The molecular formula is C29H39FN2. The van der Waals surface area contributed by atoms with E-state index in [1.165, 1.54) is 25.7 Å². The predicted molar refractivity (Wildman–Crippen MR) is 132 cm³/mol. The zero-order valence-corrected chi connectivity index (χ0v) is 20.1. The number of unbranched alkanes of at least 4 members (excludes halogenated alkanes) is 4. The van der Waals surface area contributed by atoms with Crippen LogP contribution in [0.4, 0.5) is 4.39 Å². The van der Waals surface area contributed by atoms with Crippen LogP contribution in [0.25, 0.3) is 11.1 Å². The number of hydrogen-bond acceptors (Lipinski definition) is 2. The van der Waals surface area contributed by atoms with E-state index in [2.05, 4.69) is 37.8 Å². The lowest BCUT2D eigenvalue weighted by atomic mass is 9.75. The molecule has 0 aliphatic carbocycles. The van der Waals surface area contributed by atoms with Crippen molar-refractivity contribution in [2.75, 3.05) is 13.1 Å². The number of hydrogen-bond donors (Lipinski definition) is 0. The molecule has 32 heavy (non-hydrogen) atoms. The highest BCUT2D eigenvalue weighted by Gasteiger charge is 2.36. The zero-order valence-electron chi connectivity index (χ0n) is 20.1. The van der Waals surface area contributed by atoms with Gasteiger partial charge in [0.15, 0.2) is 0 Å². The average molecular weight is 435 g/mol. The minimum Gasteiger partial charge on any atom is -0.299 e. The van der Waals surface area contributed by atoms with Crippen LogP contribution in [0.1, 0.15) is 64.9 Å². The van der Waals surface area contributed by atoms with E-state index in [1.54, 1.807) is 6.07 Å². The fraction of sp³-hybridized carbons (Fsp3) is 0.552. The molecule has 1 aliphatic heterocycles. The Morgan fingerprint density at radius 2 is 1.66 bits per heavy atom. The maximum atomic E-state index is 14.5. The minimum absolute atomic E-state index is 0.125. The summed E-state index contributed by atoms with van der Waals surface area (Å²) in [4.78, 5) is 2.58. The van der Waals surface area contributed by atoms with Crippen molar-refractivity contribution in [2.45, 2.75) is 71.8 Å². The highest BCUT2D eigenvalue weighted by molar-refractivity contribution is 5.64. The minimum atomic E-state index is -0.125. The second kappa shape index (κ2) is 12.2. The summed E-state index contributed by atoms with van der Waals surface area (Å²) < 4.78 is 14.5. The van der Waals surface area contributed by atoms with Crippen LogP contribution in [0.2, 0.25) is 0 Å². The normalized spacial score (nSPS) is 23.7. The van der Waals surface area contributed by atoms with E-state index in [0.29, 0.717) is 35.8 Å². The molecule has 2 aromatic rings. The van der Waals surface area contributed by atoms with Crippen LogP contribution >= 0.6 is 0 Å². The van der Waals surface area contributed by atoms with Crippen LogP contribution in [0.5, 0.6) is 0 Å². The summed E-state index contributed by atoms with van der Waals surface area (Å²) in [5, 5.41) is 9.26. The molecule has 0 radical (unpaired) electrons. The quantitative estimate of drug-likeness (QED) is 0.362. The first-order chi connectivity index (χ1) is 15.5. The summed E-state index contributed by atoms with van der Waals surface area (Å²) in [6.07, 6.45) is 7.55. The van der Waals surface area contributed by atoms with Crippen LogP contribution < -0.4 is 0 Å². The Bertz CT molecular complexity index is 872. The Hall–Kier alpha value is -2.18. The maximum Gasteiger partial charge on any atom is 0.131 e. The number of aryl methyl sites for hydroxylation is 1. The first-order valence-corrected chi connectivity index (χ1v) is 12.5. The molecule has 0 bridgehead atoms. The Balaban J connectivity index is 1.36. The van der Waals surface area contributed by atoms with Gasteiger partial charge in [0.25, 0.3) is 0 Å². The summed E-state index contributed by atoms with van der Waals surface area (Å²) >= 11 is 0. The van der Waals surface area contributed by atoms with Crippen LogP contribution in [0.3, 0.4) is 0 Å². The highest BCUT2D eigenvalue weighted by atomic mass is 19.1. The van der Waals surface area contributed by atoms with E-state index < -0.39 is 0 Å². The van der Waals surface area contributed by atoms with Crippen LogP contribution in [0, 0.1) is 34.9 Å².